The second-order valence-corrected chi connectivity index (χ2v) is 15.5. The van der Waals surface area contributed by atoms with E-state index in [2.05, 4.69) is 118 Å². The van der Waals surface area contributed by atoms with Crippen LogP contribution in [0.15, 0.2) is 146 Å². The summed E-state index contributed by atoms with van der Waals surface area (Å²) < 4.78 is 16.7. The molecule has 0 fully saturated rings. The first-order chi connectivity index (χ1) is 31.0. The molecule has 0 N–H and O–H groups in total. The Bertz CT molecular complexity index is 1460. The highest BCUT2D eigenvalue weighted by Crippen LogP contribution is 2.11. The van der Waals surface area contributed by atoms with Crippen molar-refractivity contribution in [3.05, 3.63) is 146 Å². The van der Waals surface area contributed by atoms with Gasteiger partial charge in [0.25, 0.3) is 0 Å². The van der Waals surface area contributed by atoms with Crippen molar-refractivity contribution in [3.8, 4) is 0 Å². The Balaban J connectivity index is 4.59. The van der Waals surface area contributed by atoms with Crippen LogP contribution in [-0.2, 0) is 28.6 Å². The average Bonchev–Trinajstić information content (AvgIpc) is 3.28. The number of rotatable bonds is 41. The second-order valence-electron chi connectivity index (χ2n) is 15.5. The minimum Gasteiger partial charge on any atom is -0.462 e. The van der Waals surface area contributed by atoms with Gasteiger partial charge in [-0.3, -0.25) is 14.4 Å². The van der Waals surface area contributed by atoms with Crippen molar-refractivity contribution in [1.82, 2.24) is 0 Å². The summed E-state index contributed by atoms with van der Waals surface area (Å²) in [5, 5.41) is 0. The lowest BCUT2D eigenvalue weighted by atomic mass is 10.1. The van der Waals surface area contributed by atoms with Gasteiger partial charge in [0, 0.05) is 19.3 Å². The van der Waals surface area contributed by atoms with Crippen molar-refractivity contribution < 1.29 is 28.6 Å². The lowest BCUT2D eigenvalue weighted by molar-refractivity contribution is -0.167. The molecule has 0 aromatic carbocycles. The molecule has 350 valence electrons. The third kappa shape index (κ3) is 48.2. The van der Waals surface area contributed by atoms with Crippen LogP contribution in [0.1, 0.15) is 175 Å². The Morgan fingerprint density at radius 2 is 0.698 bits per heavy atom. The van der Waals surface area contributed by atoms with Crippen LogP contribution in [0.2, 0.25) is 0 Å². The molecule has 0 aliphatic rings. The second kappa shape index (κ2) is 49.9. The molecule has 0 aromatic rings. The van der Waals surface area contributed by atoms with Crippen molar-refractivity contribution in [3.63, 3.8) is 0 Å². The average molecular weight is 867 g/mol. The Kier molecular flexibility index (Phi) is 46.2. The number of hydrogen-bond donors (Lipinski definition) is 0. The van der Waals surface area contributed by atoms with Crippen LogP contribution in [-0.4, -0.2) is 37.2 Å². The Morgan fingerprint density at radius 1 is 0.349 bits per heavy atom. The number of carbonyl (C=O) groups excluding carboxylic acids is 3. The van der Waals surface area contributed by atoms with E-state index in [1.165, 1.54) is 19.3 Å². The molecule has 0 saturated heterocycles. The van der Waals surface area contributed by atoms with E-state index in [1.807, 2.05) is 48.6 Å². The molecule has 0 aliphatic heterocycles. The summed E-state index contributed by atoms with van der Waals surface area (Å²) in [6, 6.07) is 0. The highest BCUT2D eigenvalue weighted by molar-refractivity contribution is 5.71. The molecule has 6 nitrogen and oxygen atoms in total. The highest BCUT2D eigenvalue weighted by Gasteiger charge is 2.19. The van der Waals surface area contributed by atoms with Crippen LogP contribution in [0.4, 0.5) is 0 Å². The zero-order chi connectivity index (χ0) is 45.8. The number of unbranched alkanes of at least 4 members (excludes halogenated alkanes) is 13. The summed E-state index contributed by atoms with van der Waals surface area (Å²) >= 11 is 0. The molecule has 0 radical (unpaired) electrons. The molecule has 0 amide bonds. The predicted molar refractivity (Wildman–Crippen MR) is 269 cm³/mol. The number of hydrogen-bond acceptors (Lipinski definition) is 6. The summed E-state index contributed by atoms with van der Waals surface area (Å²) in [4.78, 5) is 37.9. The maximum atomic E-state index is 12.8. The lowest BCUT2D eigenvalue weighted by Crippen LogP contribution is -2.30. The molecule has 0 aromatic heterocycles. The van der Waals surface area contributed by atoms with Crippen LogP contribution in [0.25, 0.3) is 0 Å². The first kappa shape index (κ1) is 58.3. The van der Waals surface area contributed by atoms with Gasteiger partial charge < -0.3 is 14.2 Å². The molecule has 1 unspecified atom stereocenters. The van der Waals surface area contributed by atoms with Gasteiger partial charge in [-0.05, 0) is 96.3 Å². The van der Waals surface area contributed by atoms with E-state index in [1.54, 1.807) is 0 Å². The first-order valence-corrected chi connectivity index (χ1v) is 24.5. The van der Waals surface area contributed by atoms with Gasteiger partial charge in [-0.15, -0.1) is 0 Å². The van der Waals surface area contributed by atoms with Crippen LogP contribution in [0, 0.1) is 0 Å². The Morgan fingerprint density at radius 3 is 1.21 bits per heavy atom. The van der Waals surface area contributed by atoms with Gasteiger partial charge >= 0.3 is 17.9 Å². The zero-order valence-electron chi connectivity index (χ0n) is 39.8. The molecule has 1 atom stereocenters. The van der Waals surface area contributed by atoms with Crippen molar-refractivity contribution >= 4 is 17.9 Å². The van der Waals surface area contributed by atoms with E-state index >= 15 is 0 Å². The summed E-state index contributed by atoms with van der Waals surface area (Å²) in [5.41, 5.74) is 0. The van der Waals surface area contributed by atoms with Gasteiger partial charge in [0.05, 0.1) is 0 Å². The predicted octanol–water partition coefficient (Wildman–Crippen LogP) is 16.1. The molecule has 0 aliphatic carbocycles. The SMILES string of the molecule is CC\C=C/C=C\C=C/C=C\C=C/CCCCCC(=O)OC(COC(=O)CCCC/C=C\C/C=C\C/C=C\CC)COC(=O)CCCCCCC\C=C/C=C\C=C/C=C\CCCCC. The smallest absolute Gasteiger partial charge is 0.306 e. The van der Waals surface area contributed by atoms with E-state index in [0.29, 0.717) is 19.3 Å². The molecular weight excluding hydrogens is 781 g/mol. The van der Waals surface area contributed by atoms with Gasteiger partial charge in [0.2, 0.25) is 0 Å². The number of allylic oxidation sites excluding steroid dienone is 24. The third-order valence-corrected chi connectivity index (χ3v) is 9.53. The van der Waals surface area contributed by atoms with Crippen LogP contribution in [0.3, 0.4) is 0 Å². The van der Waals surface area contributed by atoms with Gasteiger partial charge in [-0.25, -0.2) is 0 Å². The molecule has 0 heterocycles. The quantitative estimate of drug-likeness (QED) is 0.0200. The molecule has 0 spiro atoms. The van der Waals surface area contributed by atoms with Crippen molar-refractivity contribution in [1.29, 1.82) is 0 Å². The Labute approximate surface area is 385 Å². The van der Waals surface area contributed by atoms with E-state index in [-0.39, 0.29) is 44.0 Å². The fourth-order valence-corrected chi connectivity index (χ4v) is 5.90. The van der Waals surface area contributed by atoms with Crippen molar-refractivity contribution in [2.24, 2.45) is 0 Å². The standard InChI is InChI=1S/C57H86O6/c1-4-7-10-13-16-19-22-25-27-28-29-31-32-35-38-41-44-47-50-56(59)62-53-54(52-61-55(58)49-46-43-40-37-34-24-21-18-15-12-9-6-3)63-57(60)51-48-45-42-39-36-33-30-26-23-20-17-14-11-8-5-2/h8-9,11-12,14,16-23,25-31,33-34,36-37,54H,4-7,10,13,15,24,32,35,38-53H2,1-3H3/b11-8-,12-9-,17-14-,19-16-,21-18-,23-20-,25-22-,28-27-,30-26-,31-29-,36-33-,37-34-. The van der Waals surface area contributed by atoms with Crippen molar-refractivity contribution in [2.75, 3.05) is 13.2 Å². The van der Waals surface area contributed by atoms with Gasteiger partial charge in [-0.1, -0.05) is 205 Å². The third-order valence-electron chi connectivity index (χ3n) is 9.53. The van der Waals surface area contributed by atoms with Crippen molar-refractivity contribution in [2.45, 2.75) is 181 Å². The highest BCUT2D eigenvalue weighted by atomic mass is 16.6. The maximum absolute atomic E-state index is 12.8. The summed E-state index contributed by atoms with van der Waals surface area (Å²) in [6.07, 6.45) is 71.1. The fourth-order valence-electron chi connectivity index (χ4n) is 5.90. The first-order valence-electron chi connectivity index (χ1n) is 24.5. The van der Waals surface area contributed by atoms with Crippen LogP contribution < -0.4 is 0 Å². The molecular formula is C57H86O6. The van der Waals surface area contributed by atoms with E-state index in [0.717, 1.165) is 103 Å². The normalized spacial score (nSPS) is 13.4. The zero-order valence-corrected chi connectivity index (χ0v) is 39.8. The number of esters is 3. The summed E-state index contributed by atoms with van der Waals surface area (Å²) in [6.45, 7) is 6.21. The molecule has 63 heavy (non-hydrogen) atoms. The lowest BCUT2D eigenvalue weighted by Gasteiger charge is -2.18. The van der Waals surface area contributed by atoms with Gasteiger partial charge in [0.15, 0.2) is 6.10 Å². The Hall–Kier alpha value is -4.71. The molecule has 0 saturated carbocycles. The minimum absolute atomic E-state index is 0.127. The maximum Gasteiger partial charge on any atom is 0.306 e. The largest absolute Gasteiger partial charge is 0.462 e. The molecule has 0 rings (SSSR count). The number of carbonyl (C=O) groups is 3. The number of ether oxygens (including phenoxy) is 3. The monoisotopic (exact) mass is 867 g/mol. The van der Waals surface area contributed by atoms with Gasteiger partial charge in [0.1, 0.15) is 13.2 Å². The van der Waals surface area contributed by atoms with E-state index in [4.69, 9.17) is 14.2 Å². The molecule has 0 bridgehead atoms. The summed E-state index contributed by atoms with van der Waals surface area (Å²) in [5.74, 6) is -1.05. The van der Waals surface area contributed by atoms with Crippen LogP contribution >= 0.6 is 0 Å². The summed E-state index contributed by atoms with van der Waals surface area (Å²) in [7, 11) is 0. The fraction of sp³-hybridized carbons (Fsp3) is 0.526. The topological polar surface area (TPSA) is 78.9 Å². The molecule has 6 heteroatoms. The van der Waals surface area contributed by atoms with Crippen LogP contribution in [0.5, 0.6) is 0 Å². The van der Waals surface area contributed by atoms with Gasteiger partial charge in [-0.2, -0.15) is 0 Å². The van der Waals surface area contributed by atoms with E-state index in [9.17, 15) is 14.4 Å². The minimum atomic E-state index is -0.831. The van der Waals surface area contributed by atoms with E-state index < -0.39 is 6.10 Å².